The summed E-state index contributed by atoms with van der Waals surface area (Å²) in [4.78, 5) is 29.4. The fourth-order valence-electron chi connectivity index (χ4n) is 2.62. The van der Waals surface area contributed by atoms with Crippen molar-refractivity contribution in [2.24, 2.45) is 0 Å². The Balaban J connectivity index is 2.00. The van der Waals surface area contributed by atoms with Crippen LogP contribution in [0.25, 0.3) is 0 Å². The maximum atomic E-state index is 12.4. The van der Waals surface area contributed by atoms with Gasteiger partial charge < -0.3 is 5.73 Å². The number of carbonyl (C=O) groups excluding carboxylic acids is 1. The van der Waals surface area contributed by atoms with Crippen molar-refractivity contribution >= 4 is 11.6 Å². The molecule has 1 heterocycles. The fourth-order valence-corrected chi connectivity index (χ4v) is 2.62. The molecule has 0 saturated heterocycles. The monoisotopic (exact) mass is 269 g/mol. The van der Waals surface area contributed by atoms with Crippen LogP contribution < -0.4 is 11.4 Å². The Morgan fingerprint density at radius 2 is 1.95 bits per heavy atom. The zero-order valence-corrected chi connectivity index (χ0v) is 11.0. The predicted molar refractivity (Wildman–Crippen MR) is 75.8 cm³/mol. The van der Waals surface area contributed by atoms with Crippen LogP contribution >= 0.6 is 0 Å². The summed E-state index contributed by atoms with van der Waals surface area (Å²) >= 11 is 0. The standard InChI is InChI=1S/C15H15N3O2/c16-14-12(8-17-15(20)18-14)13(19)11-6-5-9-3-1-2-4-10(9)7-11/h5-8H,1-4H2,(H3,16,17,18,20). The molecule has 2 aromatic rings. The lowest BCUT2D eigenvalue weighted by molar-refractivity contribution is 0.103. The average Bonchev–Trinajstić information content (AvgIpc) is 2.46. The number of aromatic nitrogens is 2. The molecule has 0 amide bonds. The summed E-state index contributed by atoms with van der Waals surface area (Å²) in [7, 11) is 0. The SMILES string of the molecule is Nc1[nH]c(=O)ncc1C(=O)c1ccc2c(c1)CCCC2. The number of nitrogens with zero attached hydrogens (tertiary/aromatic N) is 1. The molecule has 102 valence electrons. The number of fused-ring (bicyclic) bond motifs is 1. The molecule has 0 saturated carbocycles. The number of aryl methyl sites for hydroxylation is 2. The highest BCUT2D eigenvalue weighted by atomic mass is 16.1. The summed E-state index contributed by atoms with van der Waals surface area (Å²) in [6, 6.07) is 5.76. The zero-order valence-electron chi connectivity index (χ0n) is 11.0. The van der Waals surface area contributed by atoms with Crippen LogP contribution in [-0.4, -0.2) is 15.8 Å². The van der Waals surface area contributed by atoms with Crippen molar-refractivity contribution < 1.29 is 4.79 Å². The fraction of sp³-hybridized carbons (Fsp3) is 0.267. The Bertz CT molecular complexity index is 734. The highest BCUT2D eigenvalue weighted by Gasteiger charge is 2.16. The summed E-state index contributed by atoms with van der Waals surface area (Å²) in [5, 5.41) is 0. The Kier molecular flexibility index (Phi) is 3.10. The molecule has 5 nitrogen and oxygen atoms in total. The van der Waals surface area contributed by atoms with Gasteiger partial charge in [0.2, 0.25) is 0 Å². The van der Waals surface area contributed by atoms with Gasteiger partial charge in [0.1, 0.15) is 5.82 Å². The Morgan fingerprint density at radius 1 is 1.20 bits per heavy atom. The van der Waals surface area contributed by atoms with Gasteiger partial charge in [-0.25, -0.2) is 9.78 Å². The number of nitrogen functional groups attached to an aromatic ring is 1. The number of hydrogen-bond acceptors (Lipinski definition) is 4. The minimum Gasteiger partial charge on any atom is -0.384 e. The van der Waals surface area contributed by atoms with Crippen LogP contribution in [0.3, 0.4) is 0 Å². The van der Waals surface area contributed by atoms with Crippen molar-refractivity contribution in [3.63, 3.8) is 0 Å². The van der Waals surface area contributed by atoms with Gasteiger partial charge in [0.25, 0.3) is 0 Å². The normalized spacial score (nSPS) is 13.8. The van der Waals surface area contributed by atoms with Gasteiger partial charge in [-0.15, -0.1) is 0 Å². The van der Waals surface area contributed by atoms with E-state index >= 15 is 0 Å². The van der Waals surface area contributed by atoms with Crippen LogP contribution in [0.1, 0.15) is 39.9 Å². The second-order valence-electron chi connectivity index (χ2n) is 5.04. The predicted octanol–water partition coefficient (Wildman–Crippen LogP) is 1.46. The number of ketones is 1. The minimum absolute atomic E-state index is 0.0627. The molecule has 20 heavy (non-hydrogen) atoms. The first kappa shape index (κ1) is 12.6. The molecule has 5 heteroatoms. The van der Waals surface area contributed by atoms with E-state index in [9.17, 15) is 9.59 Å². The van der Waals surface area contributed by atoms with Gasteiger partial charge in [-0.2, -0.15) is 0 Å². The van der Waals surface area contributed by atoms with E-state index in [0.717, 1.165) is 19.3 Å². The molecule has 0 aliphatic heterocycles. The van der Waals surface area contributed by atoms with Gasteiger partial charge in [-0.1, -0.05) is 12.1 Å². The number of carbonyl (C=O) groups is 1. The number of benzene rings is 1. The number of rotatable bonds is 2. The molecule has 0 atom stereocenters. The summed E-state index contributed by atoms with van der Waals surface area (Å²) in [6.45, 7) is 0. The van der Waals surface area contributed by atoms with Crippen LogP contribution in [0, 0.1) is 0 Å². The molecule has 1 aromatic carbocycles. The number of H-pyrrole nitrogens is 1. The highest BCUT2D eigenvalue weighted by Crippen LogP contribution is 2.23. The van der Waals surface area contributed by atoms with Crippen molar-refractivity contribution in [3.8, 4) is 0 Å². The highest BCUT2D eigenvalue weighted by molar-refractivity contribution is 6.11. The molecular weight excluding hydrogens is 254 g/mol. The molecule has 1 aromatic heterocycles. The van der Waals surface area contributed by atoms with Crippen molar-refractivity contribution in [2.45, 2.75) is 25.7 Å². The van der Waals surface area contributed by atoms with Crippen LogP contribution in [0.2, 0.25) is 0 Å². The van der Waals surface area contributed by atoms with Gasteiger partial charge in [-0.3, -0.25) is 9.78 Å². The number of hydrogen-bond donors (Lipinski definition) is 2. The van der Waals surface area contributed by atoms with E-state index in [1.54, 1.807) is 0 Å². The largest absolute Gasteiger partial charge is 0.384 e. The van der Waals surface area contributed by atoms with Gasteiger partial charge in [0, 0.05) is 11.8 Å². The molecule has 0 fully saturated rings. The van der Waals surface area contributed by atoms with E-state index < -0.39 is 5.69 Å². The van der Waals surface area contributed by atoms with E-state index in [1.807, 2.05) is 18.2 Å². The molecule has 0 unspecified atom stereocenters. The topological polar surface area (TPSA) is 88.8 Å². The Morgan fingerprint density at radius 3 is 2.70 bits per heavy atom. The van der Waals surface area contributed by atoms with Gasteiger partial charge in [-0.05, 0) is 42.9 Å². The van der Waals surface area contributed by atoms with E-state index in [2.05, 4.69) is 9.97 Å². The van der Waals surface area contributed by atoms with Crippen molar-refractivity contribution in [2.75, 3.05) is 5.73 Å². The first-order chi connectivity index (χ1) is 9.65. The quantitative estimate of drug-likeness (QED) is 0.808. The number of nitrogens with one attached hydrogen (secondary N) is 1. The Hall–Kier alpha value is -2.43. The third-order valence-electron chi connectivity index (χ3n) is 3.70. The summed E-state index contributed by atoms with van der Waals surface area (Å²) in [5.41, 5.74) is 8.51. The lowest BCUT2D eigenvalue weighted by atomic mass is 9.89. The smallest absolute Gasteiger partial charge is 0.346 e. The van der Waals surface area contributed by atoms with E-state index in [-0.39, 0.29) is 17.2 Å². The van der Waals surface area contributed by atoms with Crippen molar-refractivity contribution in [3.05, 3.63) is 57.1 Å². The third-order valence-corrected chi connectivity index (χ3v) is 3.70. The maximum Gasteiger partial charge on any atom is 0.346 e. The summed E-state index contributed by atoms with van der Waals surface area (Å²) in [5.74, 6) is -0.146. The van der Waals surface area contributed by atoms with Crippen LogP contribution in [0.5, 0.6) is 0 Å². The van der Waals surface area contributed by atoms with Crippen LogP contribution in [0.15, 0.2) is 29.2 Å². The minimum atomic E-state index is -0.551. The third kappa shape index (κ3) is 2.22. The van der Waals surface area contributed by atoms with Gasteiger partial charge >= 0.3 is 5.69 Å². The number of nitrogens with two attached hydrogens (primary N) is 1. The molecule has 1 aliphatic rings. The molecule has 3 N–H and O–H groups in total. The van der Waals surface area contributed by atoms with E-state index in [4.69, 9.17) is 5.73 Å². The van der Waals surface area contributed by atoms with Gasteiger partial charge in [0.05, 0.1) is 5.56 Å². The molecular formula is C15H15N3O2. The van der Waals surface area contributed by atoms with E-state index in [1.165, 1.54) is 23.7 Å². The van der Waals surface area contributed by atoms with Crippen LogP contribution in [-0.2, 0) is 12.8 Å². The molecule has 0 radical (unpaired) electrons. The lowest BCUT2D eigenvalue weighted by Gasteiger charge is -2.16. The Labute approximate surface area is 115 Å². The number of aromatic amines is 1. The first-order valence-electron chi connectivity index (χ1n) is 6.66. The van der Waals surface area contributed by atoms with Crippen molar-refractivity contribution in [1.29, 1.82) is 0 Å². The first-order valence-corrected chi connectivity index (χ1v) is 6.66. The van der Waals surface area contributed by atoms with Crippen molar-refractivity contribution in [1.82, 2.24) is 9.97 Å². The molecule has 1 aliphatic carbocycles. The van der Waals surface area contributed by atoms with Crippen LogP contribution in [0.4, 0.5) is 5.82 Å². The molecule has 0 spiro atoms. The second-order valence-corrected chi connectivity index (χ2v) is 5.04. The van der Waals surface area contributed by atoms with E-state index in [0.29, 0.717) is 5.56 Å². The average molecular weight is 269 g/mol. The summed E-state index contributed by atoms with van der Waals surface area (Å²) in [6.07, 6.45) is 5.68. The maximum absolute atomic E-state index is 12.4. The molecule has 3 rings (SSSR count). The second kappa shape index (κ2) is 4.92. The van der Waals surface area contributed by atoms with Gasteiger partial charge in [0.15, 0.2) is 5.78 Å². The zero-order chi connectivity index (χ0) is 14.1. The number of anilines is 1. The molecule has 0 bridgehead atoms. The lowest BCUT2D eigenvalue weighted by Crippen LogP contribution is -2.17. The summed E-state index contributed by atoms with van der Waals surface area (Å²) < 4.78 is 0.